The van der Waals surface area contributed by atoms with Gasteiger partial charge in [-0.15, -0.1) is 0 Å². The average molecular weight is 287 g/mol. The number of hydrogen-bond donors (Lipinski definition) is 0. The summed E-state index contributed by atoms with van der Waals surface area (Å²) in [6, 6.07) is 4.45. The first-order chi connectivity index (χ1) is 7.58. The van der Waals surface area contributed by atoms with Crippen LogP contribution in [0, 0.1) is 11.7 Å². The zero-order valence-corrected chi connectivity index (χ0v) is 11.2. The minimum absolute atomic E-state index is 0.122. The highest BCUT2D eigenvalue weighted by Gasteiger charge is 2.15. The van der Waals surface area contributed by atoms with Crippen molar-refractivity contribution in [1.82, 2.24) is 0 Å². The van der Waals surface area contributed by atoms with Crippen LogP contribution in [0.3, 0.4) is 0 Å². The van der Waals surface area contributed by atoms with Crippen LogP contribution in [-0.4, -0.2) is 5.78 Å². The molecule has 0 aliphatic carbocycles. The minimum atomic E-state index is -0.286. The van der Waals surface area contributed by atoms with E-state index in [1.165, 1.54) is 12.1 Å². The number of carbonyl (C=O) groups excluding carboxylic acids is 1. The molecule has 0 aromatic heterocycles. The molecule has 0 saturated carbocycles. The molecule has 1 nitrogen and oxygen atoms in total. The normalized spacial score (nSPS) is 10.8. The molecule has 0 fully saturated rings. The molecular formula is C13H16BrFO. The molecule has 0 heterocycles. The summed E-state index contributed by atoms with van der Waals surface area (Å²) in [4.78, 5) is 11.9. The second-order valence-corrected chi connectivity index (χ2v) is 4.75. The van der Waals surface area contributed by atoms with Gasteiger partial charge in [-0.3, -0.25) is 4.79 Å². The van der Waals surface area contributed by atoms with E-state index in [0.29, 0.717) is 10.9 Å². The molecule has 1 aromatic carbocycles. The van der Waals surface area contributed by atoms with Crippen molar-refractivity contribution in [1.29, 1.82) is 0 Å². The third kappa shape index (κ3) is 3.41. The number of carbonyl (C=O) groups is 1. The van der Waals surface area contributed by atoms with Crippen molar-refractivity contribution in [3.63, 3.8) is 0 Å². The maximum absolute atomic E-state index is 12.9. The lowest BCUT2D eigenvalue weighted by Gasteiger charge is -2.11. The summed E-state index contributed by atoms with van der Waals surface area (Å²) < 4.78 is 13.5. The summed E-state index contributed by atoms with van der Waals surface area (Å²) in [5, 5.41) is 0. The maximum atomic E-state index is 12.9. The Morgan fingerprint density at radius 3 is 2.50 bits per heavy atom. The topological polar surface area (TPSA) is 17.1 Å². The fourth-order valence-electron chi connectivity index (χ4n) is 1.74. The Hall–Kier alpha value is -0.700. The SMILES string of the molecule is CCC(CC)C(=O)Cc1ccc(F)cc1Br. The van der Waals surface area contributed by atoms with E-state index >= 15 is 0 Å². The first-order valence-electron chi connectivity index (χ1n) is 5.55. The van der Waals surface area contributed by atoms with Gasteiger partial charge in [0.05, 0.1) is 0 Å². The van der Waals surface area contributed by atoms with E-state index in [1.807, 2.05) is 13.8 Å². The van der Waals surface area contributed by atoms with Crippen molar-refractivity contribution < 1.29 is 9.18 Å². The molecular weight excluding hydrogens is 271 g/mol. The highest BCUT2D eigenvalue weighted by molar-refractivity contribution is 9.10. The monoisotopic (exact) mass is 286 g/mol. The van der Waals surface area contributed by atoms with Gasteiger partial charge in [0.25, 0.3) is 0 Å². The Balaban J connectivity index is 2.76. The third-order valence-electron chi connectivity index (χ3n) is 2.82. The largest absolute Gasteiger partial charge is 0.299 e. The van der Waals surface area contributed by atoms with Crippen LogP contribution in [0.2, 0.25) is 0 Å². The van der Waals surface area contributed by atoms with Crippen LogP contribution < -0.4 is 0 Å². The molecule has 0 spiro atoms. The van der Waals surface area contributed by atoms with Gasteiger partial charge >= 0.3 is 0 Å². The number of halogens is 2. The van der Waals surface area contributed by atoms with Gasteiger partial charge in [0.2, 0.25) is 0 Å². The number of rotatable bonds is 5. The van der Waals surface area contributed by atoms with Crippen LogP contribution in [0.4, 0.5) is 4.39 Å². The summed E-state index contributed by atoms with van der Waals surface area (Å²) in [6.07, 6.45) is 2.12. The van der Waals surface area contributed by atoms with E-state index in [1.54, 1.807) is 6.07 Å². The van der Waals surface area contributed by atoms with Crippen molar-refractivity contribution >= 4 is 21.7 Å². The van der Waals surface area contributed by atoms with E-state index in [4.69, 9.17) is 0 Å². The molecule has 0 unspecified atom stereocenters. The fraction of sp³-hybridized carbons (Fsp3) is 0.462. The van der Waals surface area contributed by atoms with Crippen molar-refractivity contribution in [3.8, 4) is 0 Å². The van der Waals surface area contributed by atoms with Gasteiger partial charge < -0.3 is 0 Å². The van der Waals surface area contributed by atoms with Crippen LogP contribution in [-0.2, 0) is 11.2 Å². The average Bonchev–Trinajstić information content (AvgIpc) is 2.24. The molecule has 0 aliphatic heterocycles. The molecule has 16 heavy (non-hydrogen) atoms. The Bertz CT molecular complexity index is 372. The molecule has 1 rings (SSSR count). The highest BCUT2D eigenvalue weighted by Crippen LogP contribution is 2.21. The zero-order valence-electron chi connectivity index (χ0n) is 9.59. The molecule has 0 N–H and O–H groups in total. The van der Waals surface area contributed by atoms with E-state index < -0.39 is 0 Å². The van der Waals surface area contributed by atoms with Gasteiger partial charge in [-0.05, 0) is 30.5 Å². The molecule has 0 saturated heterocycles. The van der Waals surface area contributed by atoms with Crippen LogP contribution in [0.15, 0.2) is 22.7 Å². The summed E-state index contributed by atoms with van der Waals surface area (Å²) >= 11 is 3.28. The van der Waals surface area contributed by atoms with Crippen molar-refractivity contribution in [3.05, 3.63) is 34.1 Å². The highest BCUT2D eigenvalue weighted by atomic mass is 79.9. The lowest BCUT2D eigenvalue weighted by atomic mass is 9.93. The molecule has 88 valence electrons. The van der Waals surface area contributed by atoms with Crippen molar-refractivity contribution in [2.45, 2.75) is 33.1 Å². The molecule has 0 aliphatic rings. The second-order valence-electron chi connectivity index (χ2n) is 3.89. The first-order valence-corrected chi connectivity index (χ1v) is 6.34. The quantitative estimate of drug-likeness (QED) is 0.795. The molecule has 0 atom stereocenters. The molecule has 0 amide bonds. The van der Waals surface area contributed by atoms with Crippen molar-refractivity contribution in [2.75, 3.05) is 0 Å². The number of hydrogen-bond acceptors (Lipinski definition) is 1. The standard InChI is InChI=1S/C13H16BrFO/c1-3-9(4-2)13(16)7-10-5-6-11(15)8-12(10)14/h5-6,8-9H,3-4,7H2,1-2H3. The summed E-state index contributed by atoms with van der Waals surface area (Å²) in [7, 11) is 0. The van der Waals surface area contributed by atoms with Gasteiger partial charge in [-0.1, -0.05) is 35.8 Å². The van der Waals surface area contributed by atoms with E-state index in [-0.39, 0.29) is 17.5 Å². The lowest BCUT2D eigenvalue weighted by Crippen LogP contribution is -2.15. The number of Topliss-reactive ketones (excluding diaryl/α,β-unsaturated/α-hetero) is 1. The smallest absolute Gasteiger partial charge is 0.140 e. The predicted octanol–water partition coefficient (Wildman–Crippen LogP) is 4.14. The number of ketones is 1. The summed E-state index contributed by atoms with van der Waals surface area (Å²) in [5.41, 5.74) is 0.860. The van der Waals surface area contributed by atoms with Gasteiger partial charge in [0.1, 0.15) is 11.6 Å². The second kappa shape index (κ2) is 6.14. The van der Waals surface area contributed by atoms with E-state index in [2.05, 4.69) is 15.9 Å². The summed E-state index contributed by atoms with van der Waals surface area (Å²) in [6.45, 7) is 4.04. The van der Waals surface area contributed by atoms with E-state index in [9.17, 15) is 9.18 Å². The molecule has 0 radical (unpaired) electrons. The van der Waals surface area contributed by atoms with Crippen LogP contribution in [0.5, 0.6) is 0 Å². The summed E-state index contributed by atoms with van der Waals surface area (Å²) in [5.74, 6) is 0.0693. The molecule has 0 bridgehead atoms. The van der Waals surface area contributed by atoms with Crippen LogP contribution >= 0.6 is 15.9 Å². The van der Waals surface area contributed by atoms with Gasteiger partial charge in [0, 0.05) is 16.8 Å². The third-order valence-corrected chi connectivity index (χ3v) is 3.56. The zero-order chi connectivity index (χ0) is 12.1. The number of benzene rings is 1. The van der Waals surface area contributed by atoms with Gasteiger partial charge in [-0.25, -0.2) is 4.39 Å². The Morgan fingerprint density at radius 1 is 1.38 bits per heavy atom. The minimum Gasteiger partial charge on any atom is -0.299 e. The fourth-order valence-corrected chi connectivity index (χ4v) is 2.23. The Labute approximate surface area is 104 Å². The van der Waals surface area contributed by atoms with Gasteiger partial charge in [-0.2, -0.15) is 0 Å². The predicted molar refractivity (Wildman–Crippen MR) is 66.9 cm³/mol. The van der Waals surface area contributed by atoms with Crippen LogP contribution in [0.1, 0.15) is 32.3 Å². The molecule has 3 heteroatoms. The van der Waals surface area contributed by atoms with Crippen LogP contribution in [0.25, 0.3) is 0 Å². The Kier molecular flexibility index (Phi) is 5.13. The lowest BCUT2D eigenvalue weighted by molar-refractivity contribution is -0.122. The molecule has 1 aromatic rings. The first kappa shape index (κ1) is 13.4. The van der Waals surface area contributed by atoms with E-state index in [0.717, 1.165) is 18.4 Å². The van der Waals surface area contributed by atoms with Crippen molar-refractivity contribution in [2.24, 2.45) is 5.92 Å². The maximum Gasteiger partial charge on any atom is 0.140 e. The Morgan fingerprint density at radius 2 is 2.00 bits per heavy atom. The van der Waals surface area contributed by atoms with Gasteiger partial charge in [0.15, 0.2) is 0 Å².